The molecule has 1 aromatic rings. The Morgan fingerprint density at radius 2 is 2.50 bits per heavy atom. The summed E-state index contributed by atoms with van der Waals surface area (Å²) >= 11 is 0. The summed E-state index contributed by atoms with van der Waals surface area (Å²) in [6.07, 6.45) is 5.67. The number of cyclic esters (lactones) is 1. The van der Waals surface area contributed by atoms with Gasteiger partial charge in [0.2, 0.25) is 0 Å². The lowest BCUT2D eigenvalue weighted by atomic mass is 10.0. The minimum absolute atomic E-state index is 0.349. The van der Waals surface area contributed by atoms with Gasteiger partial charge in [0, 0.05) is 18.4 Å². The van der Waals surface area contributed by atoms with Crippen molar-refractivity contribution in [3.63, 3.8) is 0 Å². The summed E-state index contributed by atoms with van der Waals surface area (Å²) in [5, 5.41) is 2.77. The van der Waals surface area contributed by atoms with Crippen molar-refractivity contribution in [3.05, 3.63) is 30.1 Å². The van der Waals surface area contributed by atoms with Crippen LogP contribution in [0.2, 0.25) is 0 Å². The summed E-state index contributed by atoms with van der Waals surface area (Å²) in [5.74, 6) is 0. The number of nitrogens with one attached hydrogen (secondary N) is 1. The molecule has 4 heteroatoms. The Hall–Kier alpha value is -1.71. The fraction of sp³-hybridized carbons (Fsp3) is 0.417. The van der Waals surface area contributed by atoms with Gasteiger partial charge in [-0.1, -0.05) is 6.08 Å². The largest absolute Gasteiger partial charge is 0.447 e. The third-order valence-corrected chi connectivity index (χ3v) is 2.72. The Bertz CT molecular complexity index is 422. The second-order valence-electron chi connectivity index (χ2n) is 4.17. The molecule has 0 unspecified atom stereocenters. The van der Waals surface area contributed by atoms with Crippen molar-refractivity contribution in [2.75, 3.05) is 6.61 Å². The zero-order chi connectivity index (χ0) is 11.6. The van der Waals surface area contributed by atoms with Crippen LogP contribution in [0.15, 0.2) is 24.4 Å². The topological polar surface area (TPSA) is 43.3 Å². The molecule has 0 bridgehead atoms. The van der Waals surface area contributed by atoms with Gasteiger partial charge in [-0.3, -0.25) is 0 Å². The maximum absolute atomic E-state index is 11.0. The van der Waals surface area contributed by atoms with Crippen LogP contribution in [-0.4, -0.2) is 22.8 Å². The first-order valence-electron chi connectivity index (χ1n) is 5.42. The molecular weight excluding hydrogens is 204 g/mol. The highest BCUT2D eigenvalue weighted by molar-refractivity contribution is 5.71. The van der Waals surface area contributed by atoms with Gasteiger partial charge >= 0.3 is 6.09 Å². The SMILES string of the molecule is CCn1cccc1C=C[C@]1(C)COC(=O)N1. The minimum Gasteiger partial charge on any atom is -0.447 e. The second kappa shape index (κ2) is 4.04. The van der Waals surface area contributed by atoms with Crippen molar-refractivity contribution in [2.45, 2.75) is 25.9 Å². The van der Waals surface area contributed by atoms with E-state index in [4.69, 9.17) is 4.74 Å². The van der Waals surface area contributed by atoms with E-state index in [1.54, 1.807) is 0 Å². The monoisotopic (exact) mass is 220 g/mol. The number of hydrogen-bond donors (Lipinski definition) is 1. The van der Waals surface area contributed by atoms with Crippen LogP contribution in [-0.2, 0) is 11.3 Å². The van der Waals surface area contributed by atoms with Crippen molar-refractivity contribution in [3.8, 4) is 0 Å². The first-order valence-corrected chi connectivity index (χ1v) is 5.42. The molecule has 86 valence electrons. The molecule has 1 amide bonds. The van der Waals surface area contributed by atoms with E-state index in [1.165, 1.54) is 0 Å². The molecular formula is C12H16N2O2. The highest BCUT2D eigenvalue weighted by Gasteiger charge is 2.32. The predicted octanol–water partition coefficient (Wildman–Crippen LogP) is 2.02. The first-order chi connectivity index (χ1) is 7.63. The lowest BCUT2D eigenvalue weighted by Crippen LogP contribution is -2.37. The molecule has 1 aliphatic heterocycles. The maximum Gasteiger partial charge on any atom is 0.408 e. The van der Waals surface area contributed by atoms with E-state index < -0.39 is 0 Å². The summed E-state index contributed by atoms with van der Waals surface area (Å²) in [6, 6.07) is 4.05. The zero-order valence-electron chi connectivity index (χ0n) is 9.56. The van der Waals surface area contributed by atoms with Gasteiger partial charge in [0.25, 0.3) is 0 Å². The summed E-state index contributed by atoms with van der Waals surface area (Å²) in [7, 11) is 0. The number of aromatic nitrogens is 1. The van der Waals surface area contributed by atoms with Crippen LogP contribution < -0.4 is 5.32 Å². The predicted molar refractivity (Wildman–Crippen MR) is 62.0 cm³/mol. The highest BCUT2D eigenvalue weighted by Crippen LogP contribution is 2.16. The molecule has 4 nitrogen and oxygen atoms in total. The lowest BCUT2D eigenvalue weighted by Gasteiger charge is -2.15. The van der Waals surface area contributed by atoms with Crippen molar-refractivity contribution in [2.24, 2.45) is 0 Å². The van der Waals surface area contributed by atoms with Crippen LogP contribution in [0.3, 0.4) is 0 Å². The quantitative estimate of drug-likeness (QED) is 0.846. The highest BCUT2D eigenvalue weighted by atomic mass is 16.6. The second-order valence-corrected chi connectivity index (χ2v) is 4.17. The molecule has 0 aromatic carbocycles. The maximum atomic E-state index is 11.0. The number of nitrogens with zero attached hydrogens (tertiary/aromatic N) is 1. The molecule has 0 radical (unpaired) electrons. The van der Waals surface area contributed by atoms with Gasteiger partial charge in [0.15, 0.2) is 0 Å². The van der Waals surface area contributed by atoms with Crippen LogP contribution in [0.4, 0.5) is 4.79 Å². The molecule has 0 saturated carbocycles. The number of amides is 1. The zero-order valence-corrected chi connectivity index (χ0v) is 9.56. The van der Waals surface area contributed by atoms with Gasteiger partial charge in [-0.2, -0.15) is 0 Å². The normalized spacial score (nSPS) is 24.8. The average Bonchev–Trinajstić information content (AvgIpc) is 2.83. The van der Waals surface area contributed by atoms with E-state index in [0.29, 0.717) is 6.61 Å². The van der Waals surface area contributed by atoms with Gasteiger partial charge < -0.3 is 14.6 Å². The van der Waals surface area contributed by atoms with Crippen LogP contribution in [0.5, 0.6) is 0 Å². The number of carbonyl (C=O) groups excluding carboxylic acids is 1. The molecule has 1 aromatic heterocycles. The third-order valence-electron chi connectivity index (χ3n) is 2.72. The van der Waals surface area contributed by atoms with Crippen LogP contribution >= 0.6 is 0 Å². The Kier molecular flexibility index (Phi) is 2.73. The Labute approximate surface area is 94.9 Å². The molecule has 1 N–H and O–H groups in total. The van der Waals surface area contributed by atoms with E-state index in [-0.39, 0.29) is 11.6 Å². The fourth-order valence-corrected chi connectivity index (χ4v) is 1.75. The van der Waals surface area contributed by atoms with Crippen molar-refractivity contribution in [1.29, 1.82) is 0 Å². The van der Waals surface area contributed by atoms with Crippen molar-refractivity contribution in [1.82, 2.24) is 9.88 Å². The van der Waals surface area contributed by atoms with E-state index in [1.807, 2.05) is 37.4 Å². The minimum atomic E-state index is -0.389. The number of aryl methyl sites for hydroxylation is 1. The molecule has 0 spiro atoms. The van der Waals surface area contributed by atoms with Gasteiger partial charge in [-0.25, -0.2) is 4.79 Å². The number of ether oxygens (including phenoxy) is 1. The number of carbonyl (C=O) groups is 1. The molecule has 1 atom stereocenters. The Morgan fingerprint density at radius 1 is 1.69 bits per heavy atom. The Balaban J connectivity index is 2.12. The molecule has 2 heterocycles. The van der Waals surface area contributed by atoms with Gasteiger partial charge in [0.05, 0.1) is 5.54 Å². The molecule has 16 heavy (non-hydrogen) atoms. The average molecular weight is 220 g/mol. The van der Waals surface area contributed by atoms with Crippen LogP contribution in [0.1, 0.15) is 19.5 Å². The molecule has 1 aliphatic rings. The van der Waals surface area contributed by atoms with Crippen LogP contribution in [0, 0.1) is 0 Å². The lowest BCUT2D eigenvalue weighted by molar-refractivity contribution is 0.175. The van der Waals surface area contributed by atoms with Crippen molar-refractivity contribution >= 4 is 12.2 Å². The Morgan fingerprint density at radius 3 is 3.12 bits per heavy atom. The van der Waals surface area contributed by atoms with E-state index in [0.717, 1.165) is 12.2 Å². The van der Waals surface area contributed by atoms with E-state index in [2.05, 4.69) is 16.8 Å². The molecule has 0 aliphatic carbocycles. The molecule has 1 saturated heterocycles. The van der Waals surface area contributed by atoms with Crippen molar-refractivity contribution < 1.29 is 9.53 Å². The number of rotatable bonds is 3. The number of alkyl carbamates (subject to hydrolysis) is 1. The molecule has 1 fully saturated rings. The van der Waals surface area contributed by atoms with Gasteiger partial charge in [0.1, 0.15) is 6.61 Å². The van der Waals surface area contributed by atoms with Gasteiger partial charge in [-0.15, -0.1) is 0 Å². The smallest absolute Gasteiger partial charge is 0.408 e. The van der Waals surface area contributed by atoms with Gasteiger partial charge in [-0.05, 0) is 32.1 Å². The summed E-state index contributed by atoms with van der Waals surface area (Å²) in [6.45, 7) is 5.36. The van der Waals surface area contributed by atoms with Crippen LogP contribution in [0.25, 0.3) is 6.08 Å². The third kappa shape index (κ3) is 2.10. The number of hydrogen-bond acceptors (Lipinski definition) is 2. The van der Waals surface area contributed by atoms with E-state index in [9.17, 15) is 4.79 Å². The molecule has 2 rings (SSSR count). The van der Waals surface area contributed by atoms with E-state index >= 15 is 0 Å². The summed E-state index contributed by atoms with van der Waals surface area (Å²) in [4.78, 5) is 11.0. The first kappa shape index (κ1) is 10.8. The standard InChI is InChI=1S/C12H16N2O2/c1-3-14-8-4-5-10(14)6-7-12(2)9-16-11(15)13-12/h4-8H,3,9H2,1-2H3,(H,13,15)/t12-/m1/s1. The summed E-state index contributed by atoms with van der Waals surface area (Å²) in [5.41, 5.74) is 0.741. The fourth-order valence-electron chi connectivity index (χ4n) is 1.75. The summed E-state index contributed by atoms with van der Waals surface area (Å²) < 4.78 is 7.02.